The minimum atomic E-state index is -0.671. The van der Waals surface area contributed by atoms with Gasteiger partial charge in [0.05, 0.1) is 6.42 Å². The molecule has 33 heavy (non-hydrogen) atoms. The lowest BCUT2D eigenvalue weighted by Crippen LogP contribution is -2.40. The molecule has 0 aliphatic heterocycles. The molecule has 1 N–H and O–H groups in total. The normalized spacial score (nSPS) is 14.4. The van der Waals surface area contributed by atoms with Crippen molar-refractivity contribution in [3.8, 4) is 5.75 Å². The quantitative estimate of drug-likeness (QED) is 0.317. The van der Waals surface area contributed by atoms with Gasteiger partial charge in [-0.1, -0.05) is 48.3 Å². The van der Waals surface area contributed by atoms with Gasteiger partial charge in [-0.05, 0) is 67.0 Å². The monoisotopic (exact) mass is 503 g/mol. The Morgan fingerprint density at radius 2 is 1.85 bits per heavy atom. The lowest BCUT2D eigenvalue weighted by atomic mass is 9.74. The van der Waals surface area contributed by atoms with E-state index >= 15 is 0 Å². The van der Waals surface area contributed by atoms with Gasteiger partial charge in [0.15, 0.2) is 11.6 Å². The van der Waals surface area contributed by atoms with E-state index in [1.807, 2.05) is 30.3 Å². The zero-order valence-corrected chi connectivity index (χ0v) is 20.5. The molecule has 0 unspecified atom stereocenters. The van der Waals surface area contributed by atoms with Gasteiger partial charge in [0.25, 0.3) is 0 Å². The minimum Gasteiger partial charge on any atom is -0.479 e. The second kappa shape index (κ2) is 10.4. The summed E-state index contributed by atoms with van der Waals surface area (Å²) in [6, 6.07) is 17.6. The highest BCUT2D eigenvalue weighted by Gasteiger charge is 2.43. The molecule has 3 nitrogen and oxygen atoms in total. The maximum atomic E-state index is 14.9. The van der Waals surface area contributed by atoms with E-state index in [2.05, 4.69) is 12.2 Å². The molecule has 0 atom stereocenters. The molecule has 3 aromatic carbocycles. The average Bonchev–Trinajstić information content (AvgIpc) is 2.74. The van der Waals surface area contributed by atoms with Crippen LogP contribution >= 0.6 is 35.0 Å². The van der Waals surface area contributed by atoms with Crippen molar-refractivity contribution in [2.75, 3.05) is 11.1 Å². The van der Waals surface area contributed by atoms with E-state index in [0.717, 1.165) is 36.1 Å². The van der Waals surface area contributed by atoms with Crippen LogP contribution in [0.15, 0.2) is 65.6 Å². The largest absolute Gasteiger partial charge is 0.479 e. The third-order valence-corrected chi connectivity index (χ3v) is 7.15. The van der Waals surface area contributed by atoms with Crippen LogP contribution in [-0.4, -0.2) is 11.7 Å². The number of rotatable bonds is 8. The summed E-state index contributed by atoms with van der Waals surface area (Å²) >= 11 is 14.2. The van der Waals surface area contributed by atoms with Crippen LogP contribution in [0.1, 0.15) is 37.3 Å². The van der Waals surface area contributed by atoms with Crippen molar-refractivity contribution in [3.05, 3.63) is 87.7 Å². The van der Waals surface area contributed by atoms with Crippen LogP contribution in [0.25, 0.3) is 0 Å². The van der Waals surface area contributed by atoms with E-state index in [0.29, 0.717) is 15.7 Å². The fourth-order valence-corrected chi connectivity index (χ4v) is 5.16. The molecule has 1 aliphatic carbocycles. The van der Waals surface area contributed by atoms with Gasteiger partial charge in [-0.3, -0.25) is 4.79 Å². The molecule has 0 saturated heterocycles. The first kappa shape index (κ1) is 23.9. The van der Waals surface area contributed by atoms with Crippen molar-refractivity contribution in [2.45, 2.75) is 43.1 Å². The molecule has 1 saturated carbocycles. The molecule has 0 aromatic heterocycles. The summed E-state index contributed by atoms with van der Waals surface area (Å²) < 4.78 is 21.0. The summed E-state index contributed by atoms with van der Waals surface area (Å²) in [6.07, 6.45) is 2.66. The molecule has 3 aromatic rings. The van der Waals surface area contributed by atoms with Gasteiger partial charge in [0, 0.05) is 32.3 Å². The van der Waals surface area contributed by atoms with Crippen molar-refractivity contribution >= 4 is 46.6 Å². The molecule has 1 amide bonds. The van der Waals surface area contributed by atoms with Crippen molar-refractivity contribution in [3.63, 3.8) is 0 Å². The van der Waals surface area contributed by atoms with Gasteiger partial charge < -0.3 is 10.1 Å². The number of anilines is 1. The summed E-state index contributed by atoms with van der Waals surface area (Å²) in [4.78, 5) is 13.6. The van der Waals surface area contributed by atoms with Gasteiger partial charge in [-0.15, -0.1) is 11.8 Å². The van der Waals surface area contributed by atoms with E-state index in [1.54, 1.807) is 36.0 Å². The Labute approximate surface area is 207 Å². The number of thioether (sulfide) groups is 1. The van der Waals surface area contributed by atoms with Crippen LogP contribution in [0.4, 0.5) is 10.1 Å². The molecule has 4 rings (SSSR count). The molecule has 1 aliphatic rings. The fraction of sp³-hybridized carbons (Fsp3) is 0.269. The summed E-state index contributed by atoms with van der Waals surface area (Å²) in [7, 11) is 0. The second-order valence-electron chi connectivity index (χ2n) is 8.02. The van der Waals surface area contributed by atoms with Crippen molar-refractivity contribution in [1.82, 2.24) is 0 Å². The van der Waals surface area contributed by atoms with Crippen LogP contribution in [0.3, 0.4) is 0 Å². The zero-order valence-electron chi connectivity index (χ0n) is 18.2. The topological polar surface area (TPSA) is 38.3 Å². The standard InChI is InChI=1S/C26H24Cl2FNO2S/c1-2-33-20-8-4-17(5-9-20)14-25(31)30-19-7-11-24(23(29)16-19)32-26(12-3-13-26)21-10-6-18(27)15-22(21)28/h4-11,15-16H,2-3,12-14H2,1H3,(H,30,31). The Hall–Kier alpha value is -2.21. The minimum absolute atomic E-state index is 0.128. The molecular formula is C26H24Cl2FNO2S. The van der Waals surface area contributed by atoms with Crippen LogP contribution in [0.5, 0.6) is 5.75 Å². The number of ether oxygens (including phenoxy) is 1. The lowest BCUT2D eigenvalue weighted by molar-refractivity contribution is -0.115. The first-order valence-corrected chi connectivity index (χ1v) is 12.6. The molecule has 172 valence electrons. The van der Waals surface area contributed by atoms with Crippen LogP contribution in [0.2, 0.25) is 10.0 Å². The number of amides is 1. The van der Waals surface area contributed by atoms with Gasteiger partial charge >= 0.3 is 0 Å². The molecule has 0 radical (unpaired) electrons. The molecule has 1 fully saturated rings. The Kier molecular flexibility index (Phi) is 7.52. The number of hydrogen-bond donors (Lipinski definition) is 1. The highest BCUT2D eigenvalue weighted by molar-refractivity contribution is 7.99. The third-order valence-electron chi connectivity index (χ3n) is 5.70. The molecule has 7 heteroatoms. The maximum absolute atomic E-state index is 14.9. The van der Waals surface area contributed by atoms with E-state index in [1.165, 1.54) is 11.0 Å². The molecule has 0 bridgehead atoms. The summed E-state index contributed by atoms with van der Waals surface area (Å²) in [5, 5.41) is 3.81. The predicted octanol–water partition coefficient (Wildman–Crippen LogP) is 7.88. The number of carbonyl (C=O) groups is 1. The third kappa shape index (κ3) is 5.65. The zero-order chi connectivity index (χ0) is 23.4. The Morgan fingerprint density at radius 1 is 1.09 bits per heavy atom. The predicted molar refractivity (Wildman–Crippen MR) is 134 cm³/mol. The molecule has 0 heterocycles. The van der Waals surface area contributed by atoms with Crippen molar-refractivity contribution < 1.29 is 13.9 Å². The highest BCUT2D eigenvalue weighted by Crippen LogP contribution is 2.48. The Morgan fingerprint density at radius 3 is 2.45 bits per heavy atom. The maximum Gasteiger partial charge on any atom is 0.228 e. The number of carbonyl (C=O) groups excluding carboxylic acids is 1. The Bertz CT molecular complexity index is 1150. The fourth-order valence-electron chi connectivity index (χ4n) is 3.92. The van der Waals surface area contributed by atoms with Crippen molar-refractivity contribution in [2.24, 2.45) is 0 Å². The highest BCUT2D eigenvalue weighted by atomic mass is 35.5. The SMILES string of the molecule is CCSc1ccc(CC(=O)Nc2ccc(OC3(c4ccc(Cl)cc4Cl)CCC3)c(F)c2)cc1. The molecule has 0 spiro atoms. The number of hydrogen-bond acceptors (Lipinski definition) is 3. The van der Waals surface area contributed by atoms with Crippen LogP contribution < -0.4 is 10.1 Å². The van der Waals surface area contributed by atoms with Gasteiger partial charge in [-0.25, -0.2) is 4.39 Å². The second-order valence-corrected chi connectivity index (χ2v) is 10.2. The van der Waals surface area contributed by atoms with Gasteiger partial charge in [0.1, 0.15) is 5.60 Å². The van der Waals surface area contributed by atoms with E-state index < -0.39 is 11.4 Å². The number of nitrogens with one attached hydrogen (secondary N) is 1. The summed E-state index contributed by atoms with van der Waals surface area (Å²) in [5.74, 6) is 0.383. The average molecular weight is 504 g/mol. The van der Waals surface area contributed by atoms with E-state index in [-0.39, 0.29) is 18.1 Å². The van der Waals surface area contributed by atoms with Gasteiger partial charge in [-0.2, -0.15) is 0 Å². The summed E-state index contributed by atoms with van der Waals surface area (Å²) in [6.45, 7) is 2.10. The first-order chi connectivity index (χ1) is 15.9. The summed E-state index contributed by atoms with van der Waals surface area (Å²) in [5.41, 5.74) is 1.42. The van der Waals surface area contributed by atoms with E-state index in [4.69, 9.17) is 27.9 Å². The van der Waals surface area contributed by atoms with Crippen molar-refractivity contribution in [1.29, 1.82) is 0 Å². The van der Waals surface area contributed by atoms with Crippen LogP contribution in [-0.2, 0) is 16.8 Å². The lowest BCUT2D eigenvalue weighted by Gasteiger charge is -2.42. The number of halogens is 3. The van der Waals surface area contributed by atoms with E-state index in [9.17, 15) is 9.18 Å². The smallest absolute Gasteiger partial charge is 0.228 e. The first-order valence-electron chi connectivity index (χ1n) is 10.8. The number of benzene rings is 3. The van der Waals surface area contributed by atoms with Crippen LogP contribution in [0, 0.1) is 5.82 Å². The Balaban J connectivity index is 1.43. The molecular weight excluding hydrogens is 480 g/mol. The van der Waals surface area contributed by atoms with Gasteiger partial charge in [0.2, 0.25) is 5.91 Å².